The van der Waals surface area contributed by atoms with Crippen LogP contribution in [0.4, 0.5) is 0 Å². The highest BCUT2D eigenvalue weighted by Crippen LogP contribution is 2.27. The highest BCUT2D eigenvalue weighted by Gasteiger charge is 2.14. The summed E-state index contributed by atoms with van der Waals surface area (Å²) in [4.78, 5) is 0. The van der Waals surface area contributed by atoms with Crippen LogP contribution in [0.2, 0.25) is 10.0 Å². The predicted octanol–water partition coefficient (Wildman–Crippen LogP) is 3.81. The molecular formula is C13H19Cl2NO. The van der Waals surface area contributed by atoms with E-state index in [1.54, 1.807) is 0 Å². The van der Waals surface area contributed by atoms with Crippen LogP contribution in [0.25, 0.3) is 0 Å². The fraction of sp³-hybridized carbons (Fsp3) is 0.538. The number of hydrogen-bond acceptors (Lipinski definition) is 2. The van der Waals surface area contributed by atoms with Crippen molar-refractivity contribution >= 4 is 23.2 Å². The standard InChI is InChI=1S/C13H19Cl2NO/c1-3-10(8-17)16-13(4-2)9-5-6-11(14)12(15)7-9/h5-7,10,13,16-17H,3-4,8H2,1-2H3/t10-,13?/m1/s1. The molecule has 0 spiro atoms. The minimum absolute atomic E-state index is 0.120. The van der Waals surface area contributed by atoms with Crippen LogP contribution < -0.4 is 5.32 Å². The van der Waals surface area contributed by atoms with Crippen molar-refractivity contribution in [2.45, 2.75) is 38.8 Å². The van der Waals surface area contributed by atoms with Crippen molar-refractivity contribution in [3.8, 4) is 0 Å². The molecular weight excluding hydrogens is 257 g/mol. The van der Waals surface area contributed by atoms with Crippen LogP contribution in [0, 0.1) is 0 Å². The van der Waals surface area contributed by atoms with Gasteiger partial charge in [-0.2, -0.15) is 0 Å². The SMILES string of the molecule is CCC(N[C@H](CC)CO)c1ccc(Cl)c(Cl)c1. The summed E-state index contributed by atoms with van der Waals surface area (Å²) in [6.45, 7) is 4.30. The van der Waals surface area contributed by atoms with Gasteiger partial charge in [0.05, 0.1) is 16.7 Å². The van der Waals surface area contributed by atoms with E-state index in [4.69, 9.17) is 23.2 Å². The van der Waals surface area contributed by atoms with Crippen molar-refractivity contribution < 1.29 is 5.11 Å². The minimum atomic E-state index is 0.120. The smallest absolute Gasteiger partial charge is 0.0595 e. The molecule has 0 aliphatic heterocycles. The van der Waals surface area contributed by atoms with Gasteiger partial charge in [-0.1, -0.05) is 43.1 Å². The van der Waals surface area contributed by atoms with Crippen molar-refractivity contribution in [1.29, 1.82) is 0 Å². The van der Waals surface area contributed by atoms with Crippen LogP contribution in [-0.4, -0.2) is 17.8 Å². The van der Waals surface area contributed by atoms with E-state index < -0.39 is 0 Å². The van der Waals surface area contributed by atoms with E-state index in [0.29, 0.717) is 10.0 Å². The van der Waals surface area contributed by atoms with Gasteiger partial charge in [0.25, 0.3) is 0 Å². The fourth-order valence-electron chi connectivity index (χ4n) is 1.76. The Hall–Kier alpha value is -0.280. The van der Waals surface area contributed by atoms with Gasteiger partial charge < -0.3 is 10.4 Å². The maximum Gasteiger partial charge on any atom is 0.0595 e. The average Bonchev–Trinajstić information content (AvgIpc) is 2.35. The number of nitrogens with one attached hydrogen (secondary N) is 1. The maximum absolute atomic E-state index is 9.21. The molecule has 1 aromatic rings. The Morgan fingerprint density at radius 3 is 2.35 bits per heavy atom. The minimum Gasteiger partial charge on any atom is -0.395 e. The lowest BCUT2D eigenvalue weighted by atomic mass is 10.0. The van der Waals surface area contributed by atoms with Crippen LogP contribution in [-0.2, 0) is 0 Å². The second-order valence-electron chi connectivity index (χ2n) is 4.09. The van der Waals surface area contributed by atoms with E-state index in [-0.39, 0.29) is 18.7 Å². The predicted molar refractivity (Wildman–Crippen MR) is 73.8 cm³/mol. The summed E-state index contributed by atoms with van der Waals surface area (Å²) >= 11 is 11.9. The maximum atomic E-state index is 9.21. The Morgan fingerprint density at radius 2 is 1.88 bits per heavy atom. The summed E-state index contributed by atoms with van der Waals surface area (Å²) in [6, 6.07) is 5.98. The van der Waals surface area contributed by atoms with E-state index in [2.05, 4.69) is 19.2 Å². The summed E-state index contributed by atoms with van der Waals surface area (Å²) in [6.07, 6.45) is 1.84. The van der Waals surface area contributed by atoms with Crippen LogP contribution >= 0.6 is 23.2 Å². The van der Waals surface area contributed by atoms with Crippen molar-refractivity contribution in [2.24, 2.45) is 0 Å². The molecule has 2 atom stereocenters. The molecule has 2 nitrogen and oxygen atoms in total. The highest BCUT2D eigenvalue weighted by molar-refractivity contribution is 6.42. The van der Waals surface area contributed by atoms with Gasteiger partial charge in [-0.25, -0.2) is 0 Å². The van der Waals surface area contributed by atoms with Gasteiger partial charge in [-0.15, -0.1) is 0 Å². The molecule has 0 aliphatic carbocycles. The Labute approximate surface area is 113 Å². The Balaban J connectivity index is 2.82. The Bertz CT molecular complexity index is 353. The first-order chi connectivity index (χ1) is 8.12. The lowest BCUT2D eigenvalue weighted by Crippen LogP contribution is -2.34. The van der Waals surface area contributed by atoms with Crippen molar-refractivity contribution in [3.63, 3.8) is 0 Å². The number of rotatable bonds is 6. The zero-order valence-corrected chi connectivity index (χ0v) is 11.7. The zero-order valence-electron chi connectivity index (χ0n) is 10.2. The van der Waals surface area contributed by atoms with Gasteiger partial charge in [0.15, 0.2) is 0 Å². The van der Waals surface area contributed by atoms with Gasteiger partial charge >= 0.3 is 0 Å². The Kier molecular flexibility index (Phi) is 6.28. The molecule has 0 saturated heterocycles. The molecule has 1 rings (SSSR count). The van der Waals surface area contributed by atoms with Gasteiger partial charge in [-0.3, -0.25) is 0 Å². The van der Waals surface area contributed by atoms with E-state index >= 15 is 0 Å². The lowest BCUT2D eigenvalue weighted by Gasteiger charge is -2.23. The molecule has 1 aromatic carbocycles. The van der Waals surface area contributed by atoms with Gasteiger partial charge in [-0.05, 0) is 30.5 Å². The molecule has 17 heavy (non-hydrogen) atoms. The molecule has 1 unspecified atom stereocenters. The van der Waals surface area contributed by atoms with Gasteiger partial charge in [0.2, 0.25) is 0 Å². The summed E-state index contributed by atoms with van der Waals surface area (Å²) in [7, 11) is 0. The molecule has 0 heterocycles. The number of halogens is 2. The summed E-state index contributed by atoms with van der Waals surface area (Å²) in [5, 5.41) is 13.8. The van der Waals surface area contributed by atoms with Crippen LogP contribution in [0.1, 0.15) is 38.3 Å². The first kappa shape index (κ1) is 14.8. The molecule has 0 aliphatic rings. The number of benzene rings is 1. The van der Waals surface area contributed by atoms with E-state index in [0.717, 1.165) is 18.4 Å². The molecule has 0 bridgehead atoms. The van der Waals surface area contributed by atoms with Crippen molar-refractivity contribution in [1.82, 2.24) is 5.32 Å². The zero-order chi connectivity index (χ0) is 12.8. The summed E-state index contributed by atoms with van der Waals surface area (Å²) in [5.41, 5.74) is 1.11. The Morgan fingerprint density at radius 1 is 1.18 bits per heavy atom. The normalized spacial score (nSPS) is 14.6. The molecule has 0 amide bonds. The van der Waals surface area contributed by atoms with E-state index in [1.165, 1.54) is 0 Å². The van der Waals surface area contributed by atoms with Crippen LogP contribution in [0.5, 0.6) is 0 Å². The first-order valence-electron chi connectivity index (χ1n) is 5.94. The molecule has 96 valence electrons. The molecule has 0 aromatic heterocycles. The number of hydrogen-bond donors (Lipinski definition) is 2. The second-order valence-corrected chi connectivity index (χ2v) is 4.90. The van der Waals surface area contributed by atoms with Crippen LogP contribution in [0.15, 0.2) is 18.2 Å². The third-order valence-electron chi connectivity index (χ3n) is 2.90. The summed E-state index contributed by atoms with van der Waals surface area (Å²) in [5.74, 6) is 0. The molecule has 2 N–H and O–H groups in total. The molecule has 4 heteroatoms. The third kappa shape index (κ3) is 4.14. The highest BCUT2D eigenvalue weighted by atomic mass is 35.5. The molecule has 0 radical (unpaired) electrons. The van der Waals surface area contributed by atoms with Gasteiger partial charge in [0.1, 0.15) is 0 Å². The van der Waals surface area contributed by atoms with Crippen molar-refractivity contribution in [2.75, 3.05) is 6.61 Å². The first-order valence-corrected chi connectivity index (χ1v) is 6.69. The van der Waals surface area contributed by atoms with Gasteiger partial charge in [0, 0.05) is 12.1 Å². The van der Waals surface area contributed by atoms with E-state index in [1.807, 2.05) is 18.2 Å². The van der Waals surface area contributed by atoms with Crippen molar-refractivity contribution in [3.05, 3.63) is 33.8 Å². The fourth-order valence-corrected chi connectivity index (χ4v) is 2.07. The number of aliphatic hydroxyl groups is 1. The quantitative estimate of drug-likeness (QED) is 0.828. The average molecular weight is 276 g/mol. The second kappa shape index (κ2) is 7.22. The molecule has 0 fully saturated rings. The largest absolute Gasteiger partial charge is 0.395 e. The van der Waals surface area contributed by atoms with E-state index in [9.17, 15) is 5.11 Å². The number of aliphatic hydroxyl groups excluding tert-OH is 1. The lowest BCUT2D eigenvalue weighted by molar-refractivity contribution is 0.226. The summed E-state index contributed by atoms with van der Waals surface area (Å²) < 4.78 is 0. The third-order valence-corrected chi connectivity index (χ3v) is 3.64. The molecule has 0 saturated carbocycles. The topological polar surface area (TPSA) is 32.3 Å². The monoisotopic (exact) mass is 275 g/mol. The van der Waals surface area contributed by atoms with Crippen LogP contribution in [0.3, 0.4) is 0 Å².